The molecule has 0 aromatic heterocycles. The average molecular weight is 556 g/mol. The topological polar surface area (TPSA) is 91.3 Å². The number of amides is 1. The van der Waals surface area contributed by atoms with Crippen molar-refractivity contribution < 1.29 is 37.3 Å². The van der Waals surface area contributed by atoms with Gasteiger partial charge in [0.2, 0.25) is 0 Å². The molecule has 0 radical (unpaired) electrons. The van der Waals surface area contributed by atoms with Crippen molar-refractivity contribution in [3.8, 4) is 5.75 Å². The maximum Gasteiger partial charge on any atom is 0.416 e. The number of halogens is 3. The molecule has 1 saturated carbocycles. The van der Waals surface area contributed by atoms with Crippen molar-refractivity contribution >= 4 is 11.9 Å². The van der Waals surface area contributed by atoms with Gasteiger partial charge in [-0.25, -0.2) is 0 Å². The molecular weight excluding hydrogens is 515 g/mol. The first kappa shape index (κ1) is 29.6. The van der Waals surface area contributed by atoms with Crippen LogP contribution in [0.5, 0.6) is 5.75 Å². The van der Waals surface area contributed by atoms with Crippen molar-refractivity contribution in [1.82, 2.24) is 15.1 Å². The second kappa shape index (κ2) is 12.0. The zero-order valence-corrected chi connectivity index (χ0v) is 22.9. The third-order valence-corrected chi connectivity index (χ3v) is 8.32. The SMILES string of the molecule is CCOc1cc(CNC(=O)C2(C3CC3)CC[C@@H](N3CCN([C@@H](C)CC(=O)O)C(C)C3)CO2)cc(C(F)(F)F)c1. The second-order valence-corrected chi connectivity index (χ2v) is 11.2. The molecule has 0 spiro atoms. The molecule has 39 heavy (non-hydrogen) atoms. The van der Waals surface area contributed by atoms with Crippen molar-refractivity contribution in [3.63, 3.8) is 0 Å². The van der Waals surface area contributed by atoms with Gasteiger partial charge in [0.1, 0.15) is 11.4 Å². The first-order valence-electron chi connectivity index (χ1n) is 13.9. The van der Waals surface area contributed by atoms with Gasteiger partial charge in [-0.15, -0.1) is 0 Å². The van der Waals surface area contributed by atoms with Crippen LogP contribution >= 0.6 is 0 Å². The highest BCUT2D eigenvalue weighted by Crippen LogP contribution is 2.47. The van der Waals surface area contributed by atoms with E-state index in [2.05, 4.69) is 22.0 Å². The Kier molecular flexibility index (Phi) is 9.12. The number of ether oxygens (including phenoxy) is 2. The summed E-state index contributed by atoms with van der Waals surface area (Å²) >= 11 is 0. The third-order valence-electron chi connectivity index (χ3n) is 8.32. The Labute approximate surface area is 227 Å². The van der Waals surface area contributed by atoms with Crippen LogP contribution in [0.15, 0.2) is 18.2 Å². The minimum atomic E-state index is -4.51. The summed E-state index contributed by atoms with van der Waals surface area (Å²) in [6.45, 7) is 8.77. The second-order valence-electron chi connectivity index (χ2n) is 11.2. The fourth-order valence-corrected chi connectivity index (χ4v) is 6.17. The smallest absolute Gasteiger partial charge is 0.416 e. The van der Waals surface area contributed by atoms with E-state index >= 15 is 0 Å². The van der Waals surface area contributed by atoms with Gasteiger partial charge in [0.15, 0.2) is 0 Å². The van der Waals surface area contributed by atoms with Crippen molar-refractivity contribution in [2.75, 3.05) is 32.8 Å². The normalized spacial score (nSPS) is 27.6. The van der Waals surface area contributed by atoms with E-state index in [1.807, 2.05) is 6.92 Å². The predicted octanol–water partition coefficient (Wildman–Crippen LogP) is 3.92. The molecule has 0 bridgehead atoms. The van der Waals surface area contributed by atoms with Crippen LogP contribution in [0.1, 0.15) is 64.0 Å². The van der Waals surface area contributed by atoms with Crippen LogP contribution in [-0.2, 0) is 27.0 Å². The highest BCUT2D eigenvalue weighted by Gasteiger charge is 2.54. The average Bonchev–Trinajstić information content (AvgIpc) is 3.72. The Hall–Kier alpha value is -2.37. The molecule has 2 unspecified atom stereocenters. The van der Waals surface area contributed by atoms with E-state index < -0.39 is 23.3 Å². The minimum Gasteiger partial charge on any atom is -0.494 e. The Morgan fingerprint density at radius 2 is 1.97 bits per heavy atom. The number of aliphatic carboxylic acids is 1. The fraction of sp³-hybridized carbons (Fsp3) is 0.714. The van der Waals surface area contributed by atoms with Crippen LogP contribution < -0.4 is 10.1 Å². The van der Waals surface area contributed by atoms with E-state index in [0.29, 0.717) is 18.6 Å². The van der Waals surface area contributed by atoms with Crippen LogP contribution in [0.25, 0.3) is 0 Å². The van der Waals surface area contributed by atoms with E-state index in [9.17, 15) is 22.8 Å². The maximum absolute atomic E-state index is 13.5. The third kappa shape index (κ3) is 7.05. The number of nitrogens with one attached hydrogen (secondary N) is 1. The number of carbonyl (C=O) groups is 2. The summed E-state index contributed by atoms with van der Waals surface area (Å²) in [6, 6.07) is 3.89. The van der Waals surface area contributed by atoms with Gasteiger partial charge in [0.05, 0.1) is 25.2 Å². The number of rotatable bonds is 10. The predicted molar refractivity (Wildman–Crippen MR) is 138 cm³/mol. The molecule has 8 nitrogen and oxygen atoms in total. The van der Waals surface area contributed by atoms with Gasteiger partial charge >= 0.3 is 12.1 Å². The zero-order valence-electron chi connectivity index (χ0n) is 22.9. The molecule has 2 aliphatic heterocycles. The largest absolute Gasteiger partial charge is 0.494 e. The minimum absolute atomic E-state index is 0.0325. The molecule has 2 saturated heterocycles. The highest BCUT2D eigenvalue weighted by molar-refractivity contribution is 5.86. The first-order valence-corrected chi connectivity index (χ1v) is 13.9. The number of piperazine rings is 1. The van der Waals surface area contributed by atoms with Gasteiger partial charge in [-0.1, -0.05) is 0 Å². The number of benzene rings is 1. The molecule has 2 N–H and O–H groups in total. The number of nitrogens with zero attached hydrogens (tertiary/aromatic N) is 2. The molecule has 1 aromatic carbocycles. The summed E-state index contributed by atoms with van der Waals surface area (Å²) in [5.41, 5.74) is -1.44. The van der Waals surface area contributed by atoms with Crippen molar-refractivity contribution in [2.24, 2.45) is 5.92 Å². The molecule has 1 amide bonds. The summed E-state index contributed by atoms with van der Waals surface area (Å²) in [5.74, 6) is -0.821. The molecule has 1 aliphatic carbocycles. The summed E-state index contributed by atoms with van der Waals surface area (Å²) < 4.78 is 51.8. The van der Waals surface area contributed by atoms with E-state index in [4.69, 9.17) is 14.6 Å². The molecular formula is C28H40F3N3O5. The van der Waals surface area contributed by atoms with Crippen LogP contribution in [0.2, 0.25) is 0 Å². The quantitative estimate of drug-likeness (QED) is 0.452. The summed E-state index contributed by atoms with van der Waals surface area (Å²) in [6.07, 6.45) is -1.26. The van der Waals surface area contributed by atoms with Gasteiger partial charge in [0, 0.05) is 44.3 Å². The first-order chi connectivity index (χ1) is 18.4. The molecule has 218 valence electrons. The fourth-order valence-electron chi connectivity index (χ4n) is 6.17. The Balaban J connectivity index is 1.36. The summed E-state index contributed by atoms with van der Waals surface area (Å²) in [5, 5.41) is 12.0. The van der Waals surface area contributed by atoms with E-state index in [0.717, 1.165) is 51.0 Å². The highest BCUT2D eigenvalue weighted by atomic mass is 19.4. The monoisotopic (exact) mass is 555 g/mol. The lowest BCUT2D eigenvalue weighted by Crippen LogP contribution is -2.61. The Morgan fingerprint density at radius 3 is 2.54 bits per heavy atom. The van der Waals surface area contributed by atoms with E-state index in [-0.39, 0.29) is 55.3 Å². The number of hydrogen-bond donors (Lipinski definition) is 2. The molecule has 3 fully saturated rings. The number of alkyl halides is 3. The lowest BCUT2D eigenvalue weighted by atomic mass is 9.85. The van der Waals surface area contributed by atoms with Gasteiger partial charge in [0.25, 0.3) is 5.91 Å². The van der Waals surface area contributed by atoms with Crippen LogP contribution in [0.3, 0.4) is 0 Å². The number of hydrogen-bond acceptors (Lipinski definition) is 6. The van der Waals surface area contributed by atoms with Gasteiger partial charge in [-0.05, 0) is 76.1 Å². The lowest BCUT2D eigenvalue weighted by Gasteiger charge is -2.48. The van der Waals surface area contributed by atoms with Gasteiger partial charge < -0.3 is 19.9 Å². The number of carboxylic acids is 1. The van der Waals surface area contributed by atoms with Gasteiger partial charge in [-0.3, -0.25) is 19.4 Å². The summed E-state index contributed by atoms with van der Waals surface area (Å²) in [7, 11) is 0. The molecule has 2 heterocycles. The van der Waals surface area contributed by atoms with Crippen molar-refractivity contribution in [1.29, 1.82) is 0 Å². The van der Waals surface area contributed by atoms with Crippen molar-refractivity contribution in [3.05, 3.63) is 29.3 Å². The van der Waals surface area contributed by atoms with Crippen LogP contribution in [-0.4, -0.2) is 83.4 Å². The Morgan fingerprint density at radius 1 is 1.23 bits per heavy atom. The molecule has 4 atom stereocenters. The molecule has 3 aliphatic rings. The molecule has 4 rings (SSSR count). The summed E-state index contributed by atoms with van der Waals surface area (Å²) in [4.78, 5) is 29.2. The lowest BCUT2D eigenvalue weighted by molar-refractivity contribution is -0.166. The number of carbonyl (C=O) groups excluding carboxylic acids is 1. The van der Waals surface area contributed by atoms with Gasteiger partial charge in [-0.2, -0.15) is 13.2 Å². The zero-order chi connectivity index (χ0) is 28.4. The Bertz CT molecular complexity index is 1020. The molecule has 1 aromatic rings. The van der Waals surface area contributed by atoms with Crippen molar-refractivity contribution in [2.45, 2.75) is 89.3 Å². The van der Waals surface area contributed by atoms with Crippen LogP contribution in [0, 0.1) is 5.92 Å². The standard InChI is InChI=1S/C28H40F3N3O5/c1-4-38-24-13-20(12-22(14-24)28(29,30)31)15-32-26(37)27(21-5-6-21)8-7-23(17-39-27)33-9-10-34(19(3)16-33)18(2)11-25(35)36/h12-14,18-19,21,23H,4-11,15-17H2,1-3H3,(H,32,37)(H,35,36)/t18-,19?,23+,27?/m0/s1. The van der Waals surface area contributed by atoms with Crippen LogP contribution in [0.4, 0.5) is 13.2 Å². The number of carboxylic acid groups (broad SMARTS) is 1. The molecule has 11 heteroatoms. The van der Waals surface area contributed by atoms with E-state index in [1.54, 1.807) is 6.92 Å². The maximum atomic E-state index is 13.5. The van der Waals surface area contributed by atoms with E-state index in [1.165, 1.54) is 6.07 Å².